The van der Waals surface area contributed by atoms with Crippen molar-refractivity contribution in [1.29, 1.82) is 0 Å². The van der Waals surface area contributed by atoms with Gasteiger partial charge in [-0.3, -0.25) is 9.59 Å². The maximum absolute atomic E-state index is 13.1. The van der Waals surface area contributed by atoms with E-state index < -0.39 is 10.0 Å². The second kappa shape index (κ2) is 9.03. The van der Waals surface area contributed by atoms with Crippen molar-refractivity contribution in [3.63, 3.8) is 0 Å². The molecule has 0 radical (unpaired) electrons. The minimum Gasteiger partial charge on any atom is -0.322 e. The molecule has 2 fully saturated rings. The minimum atomic E-state index is -3.64. The van der Waals surface area contributed by atoms with Gasteiger partial charge in [0.25, 0.3) is 5.91 Å². The van der Waals surface area contributed by atoms with Crippen LogP contribution in [0.25, 0.3) is 0 Å². The molecule has 2 heterocycles. The summed E-state index contributed by atoms with van der Waals surface area (Å²) in [5.74, 6) is 0.270. The van der Waals surface area contributed by atoms with E-state index in [0.717, 1.165) is 24.9 Å². The van der Waals surface area contributed by atoms with Gasteiger partial charge in [0.1, 0.15) is 0 Å². The predicted octanol–water partition coefficient (Wildman–Crippen LogP) is 3.79. The molecule has 7 nitrogen and oxygen atoms in total. The first-order chi connectivity index (χ1) is 15.3. The van der Waals surface area contributed by atoms with Crippen molar-refractivity contribution in [2.75, 3.05) is 29.9 Å². The summed E-state index contributed by atoms with van der Waals surface area (Å²) in [4.78, 5) is 26.7. The van der Waals surface area contributed by atoms with E-state index in [4.69, 9.17) is 0 Å². The van der Waals surface area contributed by atoms with Gasteiger partial charge in [-0.25, -0.2) is 8.42 Å². The Balaban J connectivity index is 1.51. The van der Waals surface area contributed by atoms with Gasteiger partial charge in [-0.15, -0.1) is 0 Å². The van der Waals surface area contributed by atoms with Crippen LogP contribution in [0.5, 0.6) is 0 Å². The van der Waals surface area contributed by atoms with Crippen LogP contribution in [0.15, 0.2) is 47.4 Å². The van der Waals surface area contributed by atoms with Crippen molar-refractivity contribution in [3.8, 4) is 0 Å². The summed E-state index contributed by atoms with van der Waals surface area (Å²) in [6.45, 7) is 5.64. The third kappa shape index (κ3) is 4.56. The zero-order valence-corrected chi connectivity index (χ0v) is 19.3. The number of benzene rings is 2. The largest absolute Gasteiger partial charge is 0.322 e. The molecule has 32 heavy (non-hydrogen) atoms. The molecular weight excluding hydrogens is 426 g/mol. The first-order valence-electron chi connectivity index (χ1n) is 11.1. The highest BCUT2D eigenvalue weighted by Gasteiger charge is 2.29. The SMILES string of the molecule is Cc1ccc(S(=O)(=O)N2CCC(C)CC2)cc1C(=O)Nc1ccc(N2CCCC2=O)cc1. The van der Waals surface area contributed by atoms with Gasteiger partial charge in [0.2, 0.25) is 15.9 Å². The first kappa shape index (κ1) is 22.5. The first-order valence-corrected chi connectivity index (χ1v) is 12.5. The molecule has 8 heteroatoms. The summed E-state index contributed by atoms with van der Waals surface area (Å²) in [5, 5.41) is 2.84. The molecule has 0 aliphatic carbocycles. The van der Waals surface area contributed by atoms with Crippen molar-refractivity contribution in [2.45, 2.75) is 44.4 Å². The average molecular weight is 456 g/mol. The monoisotopic (exact) mass is 455 g/mol. The summed E-state index contributed by atoms with van der Waals surface area (Å²) in [6, 6.07) is 11.8. The van der Waals surface area contributed by atoms with Gasteiger partial charge in [-0.05, 0) is 74.1 Å². The lowest BCUT2D eigenvalue weighted by atomic mass is 10.0. The zero-order valence-electron chi connectivity index (χ0n) is 18.5. The van der Waals surface area contributed by atoms with Crippen LogP contribution in [0.1, 0.15) is 48.5 Å². The van der Waals surface area contributed by atoms with Crippen molar-refractivity contribution in [1.82, 2.24) is 4.31 Å². The second-order valence-electron chi connectivity index (χ2n) is 8.71. The highest BCUT2D eigenvalue weighted by Crippen LogP contribution is 2.26. The molecule has 4 rings (SSSR count). The normalized spacial score (nSPS) is 18.2. The molecule has 2 amide bonds. The summed E-state index contributed by atoms with van der Waals surface area (Å²) < 4.78 is 27.7. The van der Waals surface area contributed by atoms with Crippen molar-refractivity contribution in [2.24, 2.45) is 5.92 Å². The van der Waals surface area contributed by atoms with Gasteiger partial charge in [-0.2, -0.15) is 4.31 Å². The molecule has 2 saturated heterocycles. The molecule has 0 atom stereocenters. The Kier molecular flexibility index (Phi) is 6.35. The number of sulfonamides is 1. The number of nitrogens with one attached hydrogen (secondary N) is 1. The van der Waals surface area contributed by atoms with Crippen LogP contribution >= 0.6 is 0 Å². The molecule has 2 aromatic carbocycles. The Morgan fingerprint density at radius 2 is 1.72 bits per heavy atom. The van der Waals surface area contributed by atoms with Gasteiger partial charge in [0.05, 0.1) is 4.90 Å². The average Bonchev–Trinajstić information content (AvgIpc) is 3.20. The number of piperidine rings is 1. The smallest absolute Gasteiger partial charge is 0.255 e. The Bertz CT molecular complexity index is 1120. The number of anilines is 2. The molecule has 2 aliphatic rings. The van der Waals surface area contributed by atoms with E-state index in [0.29, 0.717) is 48.8 Å². The highest BCUT2D eigenvalue weighted by atomic mass is 32.2. The molecular formula is C24H29N3O4S. The van der Waals surface area contributed by atoms with Gasteiger partial charge in [0, 0.05) is 43.0 Å². The van der Waals surface area contributed by atoms with E-state index in [1.165, 1.54) is 10.4 Å². The predicted molar refractivity (Wildman–Crippen MR) is 124 cm³/mol. The van der Waals surface area contributed by atoms with Crippen LogP contribution in [-0.2, 0) is 14.8 Å². The molecule has 0 saturated carbocycles. The Morgan fingerprint density at radius 3 is 2.34 bits per heavy atom. The molecule has 2 aliphatic heterocycles. The summed E-state index contributed by atoms with van der Waals surface area (Å²) in [7, 11) is -3.64. The van der Waals surface area contributed by atoms with Crippen molar-refractivity contribution in [3.05, 3.63) is 53.6 Å². The summed E-state index contributed by atoms with van der Waals surface area (Å²) in [5.41, 5.74) is 2.43. The topological polar surface area (TPSA) is 86.8 Å². The molecule has 0 spiro atoms. The number of aryl methyl sites for hydroxylation is 1. The lowest BCUT2D eigenvalue weighted by Gasteiger charge is -2.29. The van der Waals surface area contributed by atoms with Crippen LogP contribution < -0.4 is 10.2 Å². The number of carbonyl (C=O) groups is 2. The minimum absolute atomic E-state index is 0.110. The van der Waals surface area contributed by atoms with Crippen molar-refractivity contribution >= 4 is 33.2 Å². The number of nitrogens with zero attached hydrogens (tertiary/aromatic N) is 2. The zero-order chi connectivity index (χ0) is 22.9. The molecule has 0 aromatic heterocycles. The van der Waals surface area contributed by atoms with Crippen LogP contribution in [0.2, 0.25) is 0 Å². The number of hydrogen-bond acceptors (Lipinski definition) is 4. The highest BCUT2D eigenvalue weighted by molar-refractivity contribution is 7.89. The van der Waals surface area contributed by atoms with E-state index >= 15 is 0 Å². The lowest BCUT2D eigenvalue weighted by Crippen LogP contribution is -2.38. The van der Waals surface area contributed by atoms with E-state index in [9.17, 15) is 18.0 Å². The summed E-state index contributed by atoms with van der Waals surface area (Å²) >= 11 is 0. The maximum Gasteiger partial charge on any atom is 0.255 e. The fourth-order valence-electron chi connectivity index (χ4n) is 4.22. The quantitative estimate of drug-likeness (QED) is 0.743. The van der Waals surface area contributed by atoms with E-state index in [1.807, 2.05) is 12.1 Å². The van der Waals surface area contributed by atoms with Gasteiger partial charge in [0.15, 0.2) is 0 Å². The van der Waals surface area contributed by atoms with Gasteiger partial charge in [-0.1, -0.05) is 13.0 Å². The molecule has 1 N–H and O–H groups in total. The van der Waals surface area contributed by atoms with Crippen LogP contribution in [-0.4, -0.2) is 44.2 Å². The standard InChI is InChI=1S/C24H29N3O4S/c1-17-11-14-26(15-12-17)32(30,31)21-10-5-18(2)22(16-21)24(29)25-19-6-8-20(9-7-19)27-13-3-4-23(27)28/h5-10,16-17H,3-4,11-15H2,1-2H3,(H,25,29). The Morgan fingerprint density at radius 1 is 1.03 bits per heavy atom. The number of rotatable bonds is 5. The summed E-state index contributed by atoms with van der Waals surface area (Å²) in [6.07, 6.45) is 3.11. The number of hydrogen-bond donors (Lipinski definition) is 1. The van der Waals surface area contributed by atoms with Crippen molar-refractivity contribution < 1.29 is 18.0 Å². The lowest BCUT2D eigenvalue weighted by molar-refractivity contribution is -0.117. The van der Waals surface area contributed by atoms with Crippen LogP contribution in [0.3, 0.4) is 0 Å². The molecule has 170 valence electrons. The van der Waals surface area contributed by atoms with E-state index in [2.05, 4.69) is 12.2 Å². The third-order valence-corrected chi connectivity index (χ3v) is 8.24. The second-order valence-corrected chi connectivity index (χ2v) is 10.7. The van der Waals surface area contributed by atoms with Gasteiger partial charge >= 0.3 is 0 Å². The molecule has 0 bridgehead atoms. The molecule has 0 unspecified atom stereocenters. The van der Waals surface area contributed by atoms with Crippen LogP contribution in [0, 0.1) is 12.8 Å². The van der Waals surface area contributed by atoms with E-state index in [1.54, 1.807) is 36.1 Å². The number of carbonyl (C=O) groups excluding carboxylic acids is 2. The molecule has 2 aromatic rings. The Hall–Kier alpha value is -2.71. The fraction of sp³-hybridized carbons (Fsp3) is 0.417. The van der Waals surface area contributed by atoms with Gasteiger partial charge < -0.3 is 10.2 Å². The van der Waals surface area contributed by atoms with E-state index in [-0.39, 0.29) is 16.7 Å². The fourth-order valence-corrected chi connectivity index (χ4v) is 5.72. The third-order valence-electron chi connectivity index (χ3n) is 6.34. The maximum atomic E-state index is 13.1. The number of amides is 2. The van der Waals surface area contributed by atoms with Crippen LogP contribution in [0.4, 0.5) is 11.4 Å². The Labute approximate surface area is 189 Å².